The van der Waals surface area contributed by atoms with Gasteiger partial charge < -0.3 is 5.32 Å². The number of hydrogen-bond donors (Lipinski definition) is 1. The average molecular weight is 298 g/mol. The molecular formula is C17H19FN4. The lowest BCUT2D eigenvalue weighted by Crippen LogP contribution is -2.35. The summed E-state index contributed by atoms with van der Waals surface area (Å²) in [4.78, 5) is 4.25. The van der Waals surface area contributed by atoms with Gasteiger partial charge in [-0.25, -0.2) is 13.9 Å². The second-order valence-electron chi connectivity index (χ2n) is 6.35. The standard InChI is InChI=1S/C17H19FN4/c1-17(2,3)20-10-12-6-7-13(14(18)9-12)15-11-19-16-5-4-8-21-22(15)16/h4-9,11,20H,10H2,1-3H3. The number of halogens is 1. The Bertz CT molecular complexity index is 802. The highest BCUT2D eigenvalue weighted by atomic mass is 19.1. The Hall–Kier alpha value is -2.27. The van der Waals surface area contributed by atoms with Gasteiger partial charge in [-0.15, -0.1) is 0 Å². The summed E-state index contributed by atoms with van der Waals surface area (Å²) in [6.07, 6.45) is 3.31. The summed E-state index contributed by atoms with van der Waals surface area (Å²) < 4.78 is 16.1. The van der Waals surface area contributed by atoms with E-state index in [2.05, 4.69) is 36.2 Å². The first-order valence-corrected chi connectivity index (χ1v) is 7.27. The summed E-state index contributed by atoms with van der Waals surface area (Å²) in [5, 5.41) is 7.58. The molecule has 2 heterocycles. The van der Waals surface area contributed by atoms with Crippen LogP contribution >= 0.6 is 0 Å². The molecule has 4 nitrogen and oxygen atoms in total. The van der Waals surface area contributed by atoms with Crippen LogP contribution in [0.15, 0.2) is 42.7 Å². The highest BCUT2D eigenvalue weighted by molar-refractivity contribution is 5.63. The molecule has 0 aliphatic rings. The smallest absolute Gasteiger partial charge is 0.154 e. The fraction of sp³-hybridized carbons (Fsp3) is 0.294. The van der Waals surface area contributed by atoms with Gasteiger partial charge in [0.1, 0.15) is 5.82 Å². The van der Waals surface area contributed by atoms with Gasteiger partial charge in [-0.2, -0.15) is 5.10 Å². The van der Waals surface area contributed by atoms with Gasteiger partial charge in [-0.05, 0) is 50.6 Å². The molecule has 0 atom stereocenters. The topological polar surface area (TPSA) is 42.2 Å². The summed E-state index contributed by atoms with van der Waals surface area (Å²) >= 11 is 0. The summed E-state index contributed by atoms with van der Waals surface area (Å²) in [5.74, 6) is -0.263. The number of rotatable bonds is 3. The molecule has 3 rings (SSSR count). The first kappa shape index (κ1) is 14.7. The van der Waals surface area contributed by atoms with E-state index in [4.69, 9.17) is 0 Å². The van der Waals surface area contributed by atoms with Crippen LogP contribution in [0.25, 0.3) is 16.9 Å². The Morgan fingerprint density at radius 2 is 2.05 bits per heavy atom. The zero-order valence-electron chi connectivity index (χ0n) is 13.0. The number of fused-ring (bicyclic) bond motifs is 1. The lowest BCUT2D eigenvalue weighted by atomic mass is 10.1. The van der Waals surface area contributed by atoms with E-state index in [9.17, 15) is 4.39 Å². The van der Waals surface area contributed by atoms with Crippen LogP contribution in [0.1, 0.15) is 26.3 Å². The Morgan fingerprint density at radius 1 is 1.23 bits per heavy atom. The van der Waals surface area contributed by atoms with E-state index < -0.39 is 0 Å². The van der Waals surface area contributed by atoms with E-state index in [1.54, 1.807) is 29.0 Å². The third-order valence-electron chi connectivity index (χ3n) is 3.41. The molecule has 0 saturated carbocycles. The summed E-state index contributed by atoms with van der Waals surface area (Å²) in [6.45, 7) is 6.89. The Kier molecular flexibility index (Phi) is 3.66. The molecule has 22 heavy (non-hydrogen) atoms. The van der Waals surface area contributed by atoms with Crippen molar-refractivity contribution < 1.29 is 4.39 Å². The number of imidazole rings is 1. The predicted octanol–water partition coefficient (Wildman–Crippen LogP) is 3.42. The van der Waals surface area contributed by atoms with Gasteiger partial charge >= 0.3 is 0 Å². The van der Waals surface area contributed by atoms with Crippen LogP contribution < -0.4 is 5.32 Å². The van der Waals surface area contributed by atoms with Crippen molar-refractivity contribution in [3.05, 3.63) is 54.1 Å². The van der Waals surface area contributed by atoms with Crippen LogP contribution in [0.2, 0.25) is 0 Å². The first-order chi connectivity index (χ1) is 10.4. The summed E-state index contributed by atoms with van der Waals surface area (Å²) in [6, 6.07) is 8.93. The lowest BCUT2D eigenvalue weighted by molar-refractivity contribution is 0.423. The second kappa shape index (κ2) is 5.50. The largest absolute Gasteiger partial charge is 0.308 e. The molecule has 0 amide bonds. The van der Waals surface area contributed by atoms with E-state index >= 15 is 0 Å². The number of nitrogens with zero attached hydrogens (tertiary/aromatic N) is 3. The molecule has 2 aromatic heterocycles. The third-order valence-corrected chi connectivity index (χ3v) is 3.41. The molecule has 5 heteroatoms. The van der Waals surface area contributed by atoms with Gasteiger partial charge in [0.15, 0.2) is 5.65 Å². The van der Waals surface area contributed by atoms with Gasteiger partial charge in [0, 0.05) is 23.8 Å². The molecule has 0 fully saturated rings. The van der Waals surface area contributed by atoms with Crippen molar-refractivity contribution in [1.82, 2.24) is 19.9 Å². The maximum atomic E-state index is 14.5. The molecule has 0 saturated heterocycles. The number of benzene rings is 1. The van der Waals surface area contributed by atoms with Gasteiger partial charge in [0.25, 0.3) is 0 Å². The molecule has 0 spiro atoms. The van der Waals surface area contributed by atoms with Crippen molar-refractivity contribution in [2.24, 2.45) is 0 Å². The normalized spacial score (nSPS) is 12.0. The lowest BCUT2D eigenvalue weighted by Gasteiger charge is -2.20. The fourth-order valence-electron chi connectivity index (χ4n) is 2.26. The summed E-state index contributed by atoms with van der Waals surface area (Å²) in [5.41, 5.74) is 2.78. The molecule has 0 unspecified atom stereocenters. The number of nitrogens with one attached hydrogen (secondary N) is 1. The van der Waals surface area contributed by atoms with Gasteiger partial charge in [0.2, 0.25) is 0 Å². The molecule has 1 aromatic carbocycles. The van der Waals surface area contributed by atoms with Gasteiger partial charge in [-0.1, -0.05) is 6.07 Å². The monoisotopic (exact) mass is 298 g/mol. The molecule has 0 aliphatic carbocycles. The molecular weight excluding hydrogens is 279 g/mol. The van der Waals surface area contributed by atoms with Crippen LogP contribution in [0.3, 0.4) is 0 Å². The average Bonchev–Trinajstić information content (AvgIpc) is 2.88. The van der Waals surface area contributed by atoms with Gasteiger partial charge in [-0.3, -0.25) is 0 Å². The maximum absolute atomic E-state index is 14.5. The molecule has 1 N–H and O–H groups in total. The fourth-order valence-corrected chi connectivity index (χ4v) is 2.26. The highest BCUT2D eigenvalue weighted by Gasteiger charge is 2.13. The minimum Gasteiger partial charge on any atom is -0.308 e. The van der Waals surface area contributed by atoms with Crippen molar-refractivity contribution in [2.45, 2.75) is 32.9 Å². The Labute approximate surface area is 129 Å². The van der Waals surface area contributed by atoms with Crippen LogP contribution in [0, 0.1) is 5.82 Å². The zero-order valence-corrected chi connectivity index (χ0v) is 13.0. The summed E-state index contributed by atoms with van der Waals surface area (Å²) in [7, 11) is 0. The molecule has 3 aromatic rings. The number of hydrogen-bond acceptors (Lipinski definition) is 3. The quantitative estimate of drug-likeness (QED) is 0.805. The zero-order chi connectivity index (χ0) is 15.7. The third kappa shape index (κ3) is 2.99. The Balaban J connectivity index is 1.92. The molecule has 0 bridgehead atoms. The first-order valence-electron chi connectivity index (χ1n) is 7.27. The van der Waals surface area contributed by atoms with Crippen molar-refractivity contribution >= 4 is 5.65 Å². The minimum absolute atomic E-state index is 0.000714. The second-order valence-corrected chi connectivity index (χ2v) is 6.35. The van der Waals surface area contributed by atoms with Crippen LogP contribution in [-0.4, -0.2) is 20.1 Å². The Morgan fingerprint density at radius 3 is 2.77 bits per heavy atom. The van der Waals surface area contributed by atoms with Crippen LogP contribution in [0.4, 0.5) is 4.39 Å². The van der Waals surface area contributed by atoms with E-state index in [1.807, 2.05) is 18.2 Å². The highest BCUT2D eigenvalue weighted by Crippen LogP contribution is 2.24. The van der Waals surface area contributed by atoms with Crippen LogP contribution in [0.5, 0.6) is 0 Å². The SMILES string of the molecule is CC(C)(C)NCc1ccc(-c2cnc3cccnn23)c(F)c1. The number of aromatic nitrogens is 3. The van der Waals surface area contributed by atoms with Crippen molar-refractivity contribution in [1.29, 1.82) is 0 Å². The van der Waals surface area contributed by atoms with E-state index in [1.165, 1.54) is 0 Å². The predicted molar refractivity (Wildman–Crippen MR) is 85.0 cm³/mol. The maximum Gasteiger partial charge on any atom is 0.154 e. The van der Waals surface area contributed by atoms with Gasteiger partial charge in [0.05, 0.1) is 11.9 Å². The minimum atomic E-state index is -0.263. The van der Waals surface area contributed by atoms with E-state index in [-0.39, 0.29) is 11.4 Å². The van der Waals surface area contributed by atoms with Crippen LogP contribution in [-0.2, 0) is 6.54 Å². The van der Waals surface area contributed by atoms with Crippen molar-refractivity contribution in [3.8, 4) is 11.3 Å². The molecule has 114 valence electrons. The van der Waals surface area contributed by atoms with E-state index in [0.29, 0.717) is 23.4 Å². The molecule has 0 aliphatic heterocycles. The van der Waals surface area contributed by atoms with E-state index in [0.717, 1.165) is 5.56 Å². The van der Waals surface area contributed by atoms with Crippen molar-refractivity contribution in [2.75, 3.05) is 0 Å². The van der Waals surface area contributed by atoms with Crippen molar-refractivity contribution in [3.63, 3.8) is 0 Å². The molecule has 0 radical (unpaired) electrons.